The second-order valence-corrected chi connectivity index (χ2v) is 4.42. The van der Waals surface area contributed by atoms with Gasteiger partial charge in [-0.25, -0.2) is 0 Å². The summed E-state index contributed by atoms with van der Waals surface area (Å²) in [5.41, 5.74) is 11.4. The van der Waals surface area contributed by atoms with Crippen LogP contribution in [0.25, 0.3) is 0 Å². The van der Waals surface area contributed by atoms with E-state index in [1.54, 1.807) is 12.5 Å². The Kier molecular flexibility index (Phi) is 2.29. The van der Waals surface area contributed by atoms with Crippen molar-refractivity contribution >= 4 is 0 Å². The molecule has 1 aromatic carbocycles. The predicted molar refractivity (Wildman–Crippen MR) is 63.2 cm³/mol. The van der Waals surface area contributed by atoms with Crippen molar-refractivity contribution in [2.24, 2.45) is 5.73 Å². The molecule has 1 atom stereocenters. The van der Waals surface area contributed by atoms with Crippen LogP contribution >= 0.6 is 0 Å². The molecule has 0 amide bonds. The molecule has 2 heteroatoms. The van der Waals surface area contributed by atoms with Gasteiger partial charge >= 0.3 is 0 Å². The first-order valence-corrected chi connectivity index (χ1v) is 5.74. The largest absolute Gasteiger partial charge is 0.472 e. The fraction of sp³-hybridized carbons (Fsp3) is 0.286. The van der Waals surface area contributed by atoms with Crippen LogP contribution < -0.4 is 5.73 Å². The number of nitrogens with two attached hydrogens (primary N) is 1. The van der Waals surface area contributed by atoms with E-state index in [1.807, 2.05) is 6.07 Å². The molecule has 1 aromatic heterocycles. The van der Waals surface area contributed by atoms with E-state index in [4.69, 9.17) is 10.2 Å². The number of benzene rings is 1. The average Bonchev–Trinajstić information content (AvgIpc) is 2.98. The molecule has 0 saturated heterocycles. The molecule has 1 heterocycles. The third-order valence-corrected chi connectivity index (χ3v) is 3.38. The molecule has 1 aliphatic rings. The van der Waals surface area contributed by atoms with Crippen molar-refractivity contribution in [2.45, 2.75) is 25.3 Å². The molecular formula is C14H15NO. The summed E-state index contributed by atoms with van der Waals surface area (Å²) >= 11 is 0. The Bertz CT molecular complexity index is 487. The molecule has 0 saturated carbocycles. The third kappa shape index (κ3) is 1.55. The van der Waals surface area contributed by atoms with Gasteiger partial charge in [0.2, 0.25) is 0 Å². The molecule has 16 heavy (non-hydrogen) atoms. The van der Waals surface area contributed by atoms with Gasteiger partial charge in [0.1, 0.15) is 0 Å². The highest BCUT2D eigenvalue weighted by Crippen LogP contribution is 2.27. The number of fused-ring (bicyclic) bond motifs is 1. The fourth-order valence-corrected chi connectivity index (χ4v) is 2.43. The maximum Gasteiger partial charge on any atom is 0.0953 e. The summed E-state index contributed by atoms with van der Waals surface area (Å²) in [5.74, 6) is 0. The van der Waals surface area contributed by atoms with Gasteiger partial charge in [-0.15, -0.1) is 0 Å². The Labute approximate surface area is 95.1 Å². The molecule has 0 spiro atoms. The topological polar surface area (TPSA) is 39.2 Å². The van der Waals surface area contributed by atoms with Crippen molar-refractivity contribution in [3.8, 4) is 0 Å². The van der Waals surface area contributed by atoms with Crippen molar-refractivity contribution in [3.05, 3.63) is 59.0 Å². The van der Waals surface area contributed by atoms with E-state index in [1.165, 1.54) is 36.0 Å². The van der Waals surface area contributed by atoms with Gasteiger partial charge in [-0.1, -0.05) is 18.2 Å². The SMILES string of the molecule is NC(c1ccoc1)c1ccc2c(c1)CCC2. The molecule has 82 valence electrons. The van der Waals surface area contributed by atoms with E-state index >= 15 is 0 Å². The molecule has 2 aromatic rings. The summed E-state index contributed by atoms with van der Waals surface area (Å²) < 4.78 is 5.07. The van der Waals surface area contributed by atoms with Crippen LogP contribution in [0, 0.1) is 0 Å². The zero-order valence-electron chi connectivity index (χ0n) is 9.15. The van der Waals surface area contributed by atoms with Crippen LogP contribution in [0.15, 0.2) is 41.2 Å². The Morgan fingerprint density at radius 1 is 1.06 bits per heavy atom. The molecule has 0 radical (unpaired) electrons. The summed E-state index contributed by atoms with van der Waals surface area (Å²) in [4.78, 5) is 0. The summed E-state index contributed by atoms with van der Waals surface area (Å²) in [5, 5.41) is 0. The molecular weight excluding hydrogens is 198 g/mol. The van der Waals surface area contributed by atoms with E-state index in [9.17, 15) is 0 Å². The minimum Gasteiger partial charge on any atom is -0.472 e. The molecule has 2 nitrogen and oxygen atoms in total. The zero-order chi connectivity index (χ0) is 11.0. The van der Waals surface area contributed by atoms with Crippen LogP contribution in [0.4, 0.5) is 0 Å². The number of aryl methyl sites for hydroxylation is 2. The van der Waals surface area contributed by atoms with Crippen molar-refractivity contribution in [2.75, 3.05) is 0 Å². The summed E-state index contributed by atoms with van der Waals surface area (Å²) in [7, 11) is 0. The monoisotopic (exact) mass is 213 g/mol. The Balaban J connectivity index is 1.95. The lowest BCUT2D eigenvalue weighted by molar-refractivity contribution is 0.562. The lowest BCUT2D eigenvalue weighted by Crippen LogP contribution is -2.11. The van der Waals surface area contributed by atoms with E-state index in [-0.39, 0.29) is 6.04 Å². The van der Waals surface area contributed by atoms with E-state index in [0.717, 1.165) is 5.56 Å². The van der Waals surface area contributed by atoms with Gasteiger partial charge in [0.05, 0.1) is 18.6 Å². The average molecular weight is 213 g/mol. The molecule has 1 aliphatic carbocycles. The van der Waals surface area contributed by atoms with Gasteiger partial charge in [0.15, 0.2) is 0 Å². The van der Waals surface area contributed by atoms with Gasteiger partial charge in [-0.2, -0.15) is 0 Å². The second kappa shape index (κ2) is 3.80. The summed E-state index contributed by atoms with van der Waals surface area (Å²) in [6.07, 6.45) is 7.08. The Morgan fingerprint density at radius 2 is 1.94 bits per heavy atom. The van der Waals surface area contributed by atoms with Gasteiger partial charge in [0.25, 0.3) is 0 Å². The Morgan fingerprint density at radius 3 is 2.75 bits per heavy atom. The van der Waals surface area contributed by atoms with Crippen LogP contribution in [-0.4, -0.2) is 0 Å². The number of furan rings is 1. The van der Waals surface area contributed by atoms with Crippen LogP contribution in [0.1, 0.15) is 34.7 Å². The minimum absolute atomic E-state index is 0.0651. The minimum atomic E-state index is -0.0651. The first-order valence-electron chi connectivity index (χ1n) is 5.74. The summed E-state index contributed by atoms with van der Waals surface area (Å²) in [6.45, 7) is 0. The van der Waals surface area contributed by atoms with Crippen LogP contribution in [0.5, 0.6) is 0 Å². The van der Waals surface area contributed by atoms with Crippen molar-refractivity contribution < 1.29 is 4.42 Å². The summed E-state index contributed by atoms with van der Waals surface area (Å²) in [6, 6.07) is 8.47. The molecule has 3 rings (SSSR count). The van der Waals surface area contributed by atoms with E-state index in [2.05, 4.69) is 18.2 Å². The first kappa shape index (κ1) is 9.67. The van der Waals surface area contributed by atoms with Crippen LogP contribution in [0.2, 0.25) is 0 Å². The number of rotatable bonds is 2. The molecule has 0 fully saturated rings. The standard InChI is InChI=1S/C14H15NO/c15-14(13-6-7-16-9-13)12-5-4-10-2-1-3-11(10)8-12/h4-9,14H,1-3,15H2. The molecule has 1 unspecified atom stereocenters. The predicted octanol–water partition coefficient (Wildman–Crippen LogP) is 2.82. The fourth-order valence-electron chi connectivity index (χ4n) is 2.43. The van der Waals surface area contributed by atoms with Crippen molar-refractivity contribution in [3.63, 3.8) is 0 Å². The van der Waals surface area contributed by atoms with Crippen LogP contribution in [0.3, 0.4) is 0 Å². The number of hydrogen-bond acceptors (Lipinski definition) is 2. The smallest absolute Gasteiger partial charge is 0.0953 e. The van der Waals surface area contributed by atoms with Gasteiger partial charge < -0.3 is 10.2 Å². The van der Waals surface area contributed by atoms with Crippen LogP contribution in [-0.2, 0) is 12.8 Å². The van der Waals surface area contributed by atoms with Gasteiger partial charge in [0, 0.05) is 5.56 Å². The lowest BCUT2D eigenvalue weighted by Gasteiger charge is -2.11. The molecule has 0 aliphatic heterocycles. The van der Waals surface area contributed by atoms with Crippen molar-refractivity contribution in [1.29, 1.82) is 0 Å². The highest BCUT2D eigenvalue weighted by atomic mass is 16.3. The third-order valence-electron chi connectivity index (χ3n) is 3.38. The lowest BCUT2D eigenvalue weighted by atomic mass is 9.98. The van der Waals surface area contributed by atoms with E-state index < -0.39 is 0 Å². The molecule has 2 N–H and O–H groups in total. The zero-order valence-corrected chi connectivity index (χ0v) is 9.15. The maximum absolute atomic E-state index is 6.19. The highest BCUT2D eigenvalue weighted by molar-refractivity contribution is 5.39. The molecule has 0 bridgehead atoms. The van der Waals surface area contributed by atoms with E-state index in [0.29, 0.717) is 0 Å². The first-order chi connectivity index (χ1) is 7.84. The van der Waals surface area contributed by atoms with Gasteiger partial charge in [-0.3, -0.25) is 0 Å². The Hall–Kier alpha value is -1.54. The second-order valence-electron chi connectivity index (χ2n) is 4.42. The highest BCUT2D eigenvalue weighted by Gasteiger charge is 2.15. The number of hydrogen-bond donors (Lipinski definition) is 1. The van der Waals surface area contributed by atoms with Crippen molar-refractivity contribution in [1.82, 2.24) is 0 Å². The normalized spacial score (nSPS) is 16.1. The quantitative estimate of drug-likeness (QED) is 0.833. The van der Waals surface area contributed by atoms with Gasteiger partial charge in [-0.05, 0) is 42.0 Å². The maximum atomic E-state index is 6.19.